The Morgan fingerprint density at radius 3 is 2.82 bits per heavy atom. The summed E-state index contributed by atoms with van der Waals surface area (Å²) in [5.74, 6) is -0.269. The van der Waals surface area contributed by atoms with Crippen molar-refractivity contribution in [3.05, 3.63) is 32.9 Å². The number of hydrogen-bond donors (Lipinski definition) is 1. The Kier molecular flexibility index (Phi) is 3.22. The summed E-state index contributed by atoms with van der Waals surface area (Å²) in [4.78, 5) is 15.2. The van der Waals surface area contributed by atoms with E-state index in [-0.39, 0.29) is 17.3 Å². The summed E-state index contributed by atoms with van der Waals surface area (Å²) >= 11 is 9.01. The maximum Gasteiger partial charge on any atom is 0.363 e. The van der Waals surface area contributed by atoms with Crippen molar-refractivity contribution in [2.24, 2.45) is 4.99 Å². The lowest BCUT2D eigenvalue weighted by Crippen LogP contribution is -1.99. The van der Waals surface area contributed by atoms with Gasteiger partial charge < -0.3 is 9.84 Å². The molecule has 1 aromatic rings. The molecule has 0 unspecified atom stereocenters. The van der Waals surface area contributed by atoms with E-state index in [1.807, 2.05) is 0 Å². The second-order valence-corrected chi connectivity index (χ2v) is 4.67. The van der Waals surface area contributed by atoms with E-state index in [0.29, 0.717) is 15.1 Å². The van der Waals surface area contributed by atoms with Gasteiger partial charge in [-0.3, -0.25) is 0 Å². The number of benzene rings is 1. The molecule has 0 bridgehead atoms. The van der Waals surface area contributed by atoms with Crippen molar-refractivity contribution >= 4 is 45.5 Å². The zero-order valence-electron chi connectivity index (χ0n) is 8.70. The summed E-state index contributed by atoms with van der Waals surface area (Å²) in [5.41, 5.74) is 0.529. The number of ether oxygens (including phenoxy) is 1. The van der Waals surface area contributed by atoms with E-state index >= 15 is 0 Å². The van der Waals surface area contributed by atoms with Crippen molar-refractivity contribution in [2.45, 2.75) is 6.92 Å². The Morgan fingerprint density at radius 2 is 2.24 bits per heavy atom. The van der Waals surface area contributed by atoms with Crippen molar-refractivity contribution in [3.8, 4) is 5.75 Å². The first-order valence-electron chi connectivity index (χ1n) is 4.64. The Labute approximate surface area is 111 Å². The van der Waals surface area contributed by atoms with Crippen LogP contribution in [0, 0.1) is 0 Å². The van der Waals surface area contributed by atoms with Crippen LogP contribution in [-0.4, -0.2) is 17.0 Å². The second kappa shape index (κ2) is 4.50. The van der Waals surface area contributed by atoms with Gasteiger partial charge in [-0.15, -0.1) is 0 Å². The highest BCUT2D eigenvalue weighted by Crippen LogP contribution is 2.33. The van der Waals surface area contributed by atoms with Crippen LogP contribution in [-0.2, 0) is 9.53 Å². The monoisotopic (exact) mass is 315 g/mol. The predicted octanol–water partition coefficient (Wildman–Crippen LogP) is 3.12. The number of cyclic esters (lactones) is 1. The van der Waals surface area contributed by atoms with Gasteiger partial charge in [0.25, 0.3) is 0 Å². The maximum absolute atomic E-state index is 11.3. The molecule has 2 rings (SSSR count). The Bertz CT molecular complexity index is 566. The van der Waals surface area contributed by atoms with Crippen LogP contribution < -0.4 is 0 Å². The van der Waals surface area contributed by atoms with Gasteiger partial charge in [-0.25, -0.2) is 9.79 Å². The molecule has 0 spiro atoms. The molecule has 0 fully saturated rings. The molecule has 1 N–H and O–H groups in total. The summed E-state index contributed by atoms with van der Waals surface area (Å²) in [6.45, 7) is 1.58. The molecule has 88 valence electrons. The fourth-order valence-electron chi connectivity index (χ4n) is 1.36. The molecule has 1 aromatic carbocycles. The van der Waals surface area contributed by atoms with E-state index in [0.717, 1.165) is 0 Å². The van der Waals surface area contributed by atoms with Gasteiger partial charge in [-0.05, 0) is 34.1 Å². The van der Waals surface area contributed by atoms with E-state index in [2.05, 4.69) is 20.9 Å². The number of phenols is 1. The molecular formula is C11H7BrClNO3. The first kappa shape index (κ1) is 12.1. The second-order valence-electron chi connectivity index (χ2n) is 3.38. The van der Waals surface area contributed by atoms with E-state index < -0.39 is 5.97 Å². The number of esters is 1. The topological polar surface area (TPSA) is 58.9 Å². The van der Waals surface area contributed by atoms with Gasteiger partial charge in [0.05, 0.1) is 4.47 Å². The summed E-state index contributed by atoms with van der Waals surface area (Å²) in [6, 6.07) is 3.09. The molecule has 4 nitrogen and oxygen atoms in total. The highest BCUT2D eigenvalue weighted by atomic mass is 79.9. The zero-order chi connectivity index (χ0) is 12.6. The minimum absolute atomic E-state index is 0.00514. The number of aliphatic imine (C=N–C) groups is 1. The van der Waals surface area contributed by atoms with Gasteiger partial charge in [0.15, 0.2) is 11.6 Å². The molecule has 0 amide bonds. The molecule has 0 saturated heterocycles. The lowest BCUT2D eigenvalue weighted by Gasteiger charge is -2.03. The standard InChI is InChI=1S/C11H7BrClNO3/c1-5-14-9(11(16)17-5)3-6-2-7(13)4-8(12)10(6)15/h2-4,15H,1H3. The fraction of sp³-hybridized carbons (Fsp3) is 0.0909. The molecule has 1 aliphatic rings. The summed E-state index contributed by atoms with van der Waals surface area (Å²) < 4.78 is 5.21. The number of rotatable bonds is 1. The third-order valence-electron chi connectivity index (χ3n) is 2.08. The average Bonchev–Trinajstić information content (AvgIpc) is 2.53. The van der Waals surface area contributed by atoms with E-state index in [4.69, 9.17) is 16.3 Å². The van der Waals surface area contributed by atoms with E-state index in [9.17, 15) is 9.90 Å². The fourth-order valence-corrected chi connectivity index (χ4v) is 2.19. The molecule has 0 radical (unpaired) electrons. The lowest BCUT2D eigenvalue weighted by molar-refractivity contribution is -0.130. The van der Waals surface area contributed by atoms with Gasteiger partial charge in [-0.1, -0.05) is 11.6 Å². The average molecular weight is 317 g/mol. The number of carbonyl (C=O) groups is 1. The van der Waals surface area contributed by atoms with Crippen molar-refractivity contribution in [1.82, 2.24) is 0 Å². The van der Waals surface area contributed by atoms with Crippen molar-refractivity contribution in [2.75, 3.05) is 0 Å². The maximum atomic E-state index is 11.3. The predicted molar refractivity (Wildman–Crippen MR) is 68.0 cm³/mol. The molecular weight excluding hydrogens is 309 g/mol. The minimum Gasteiger partial charge on any atom is -0.506 e. The lowest BCUT2D eigenvalue weighted by atomic mass is 10.1. The van der Waals surface area contributed by atoms with Gasteiger partial charge >= 0.3 is 5.97 Å². The van der Waals surface area contributed by atoms with E-state index in [1.54, 1.807) is 13.0 Å². The highest BCUT2D eigenvalue weighted by Gasteiger charge is 2.20. The van der Waals surface area contributed by atoms with Crippen LogP contribution in [0.4, 0.5) is 0 Å². The van der Waals surface area contributed by atoms with Crippen LogP contribution >= 0.6 is 27.5 Å². The Balaban J connectivity index is 2.49. The quantitative estimate of drug-likeness (QED) is 0.639. The number of carbonyl (C=O) groups excluding carboxylic acids is 1. The van der Waals surface area contributed by atoms with E-state index in [1.165, 1.54) is 12.1 Å². The number of hydrogen-bond acceptors (Lipinski definition) is 4. The van der Waals surface area contributed by atoms with Gasteiger partial charge in [0.2, 0.25) is 0 Å². The number of halogens is 2. The third-order valence-corrected chi connectivity index (χ3v) is 2.90. The molecule has 0 aromatic heterocycles. The molecule has 0 atom stereocenters. The van der Waals surface area contributed by atoms with Crippen LogP contribution in [0.2, 0.25) is 5.02 Å². The van der Waals surface area contributed by atoms with Gasteiger partial charge in [0.1, 0.15) is 5.75 Å². The Hall–Kier alpha value is -1.33. The van der Waals surface area contributed by atoms with Crippen LogP contribution in [0.3, 0.4) is 0 Å². The van der Waals surface area contributed by atoms with Gasteiger partial charge in [0, 0.05) is 17.5 Å². The summed E-state index contributed by atoms with van der Waals surface area (Å²) in [6.07, 6.45) is 1.42. The van der Waals surface area contributed by atoms with Crippen LogP contribution in [0.15, 0.2) is 27.3 Å². The number of phenolic OH excluding ortho intramolecular Hbond substituents is 1. The zero-order valence-corrected chi connectivity index (χ0v) is 11.0. The molecule has 0 aliphatic carbocycles. The van der Waals surface area contributed by atoms with Crippen LogP contribution in [0.1, 0.15) is 12.5 Å². The number of nitrogens with zero attached hydrogens (tertiary/aromatic N) is 1. The van der Waals surface area contributed by atoms with Crippen LogP contribution in [0.5, 0.6) is 5.75 Å². The summed E-state index contributed by atoms with van der Waals surface area (Å²) in [5, 5.41) is 10.2. The highest BCUT2D eigenvalue weighted by molar-refractivity contribution is 9.10. The Morgan fingerprint density at radius 1 is 1.53 bits per heavy atom. The molecule has 0 saturated carbocycles. The molecule has 1 aliphatic heterocycles. The van der Waals surface area contributed by atoms with Gasteiger partial charge in [-0.2, -0.15) is 0 Å². The van der Waals surface area contributed by atoms with Crippen molar-refractivity contribution in [1.29, 1.82) is 0 Å². The normalized spacial score (nSPS) is 17.2. The summed E-state index contributed by atoms with van der Waals surface area (Å²) in [7, 11) is 0. The molecule has 17 heavy (non-hydrogen) atoms. The molecule has 1 heterocycles. The largest absolute Gasteiger partial charge is 0.506 e. The minimum atomic E-state index is -0.544. The van der Waals surface area contributed by atoms with Crippen molar-refractivity contribution in [3.63, 3.8) is 0 Å². The third kappa shape index (κ3) is 2.50. The van der Waals surface area contributed by atoms with Crippen LogP contribution in [0.25, 0.3) is 6.08 Å². The molecule has 6 heteroatoms. The number of aromatic hydroxyl groups is 1. The first-order chi connectivity index (χ1) is 7.97. The van der Waals surface area contributed by atoms with Crippen molar-refractivity contribution < 1.29 is 14.6 Å². The SMILES string of the molecule is CC1=NC(=Cc2cc(Cl)cc(Br)c2O)C(=O)O1. The smallest absolute Gasteiger partial charge is 0.363 e. The first-order valence-corrected chi connectivity index (χ1v) is 5.81.